The first-order valence-corrected chi connectivity index (χ1v) is 6.09. The Hall–Kier alpha value is -1.07. The molecule has 5 heteroatoms. The van der Waals surface area contributed by atoms with Gasteiger partial charge < -0.3 is 10.4 Å². The van der Waals surface area contributed by atoms with Crippen LogP contribution in [-0.4, -0.2) is 23.8 Å². The number of anilines is 1. The first-order valence-electron chi connectivity index (χ1n) is 5.27. The maximum Gasteiger partial charge on any atom is 0.320 e. The lowest BCUT2D eigenvalue weighted by atomic mass is 10.1. The van der Waals surface area contributed by atoms with Crippen molar-refractivity contribution in [3.63, 3.8) is 0 Å². The number of carbonyl (C=O) groups is 1. The van der Waals surface area contributed by atoms with Gasteiger partial charge in [0.25, 0.3) is 0 Å². The van der Waals surface area contributed by atoms with Gasteiger partial charge in [0.2, 0.25) is 0 Å². The van der Waals surface area contributed by atoms with E-state index >= 15 is 0 Å². The molecule has 2 atom stereocenters. The van der Waals surface area contributed by atoms with Crippen molar-refractivity contribution in [2.75, 3.05) is 11.9 Å². The fraction of sp³-hybridized carbons (Fsp3) is 0.545. The molecular weight excluding hydrogens is 224 g/mol. The van der Waals surface area contributed by atoms with Gasteiger partial charge in [-0.25, -0.2) is 4.79 Å². The van der Waals surface area contributed by atoms with Crippen LogP contribution in [0.2, 0.25) is 0 Å². The van der Waals surface area contributed by atoms with Gasteiger partial charge >= 0.3 is 6.03 Å². The van der Waals surface area contributed by atoms with E-state index in [1.807, 2.05) is 32.9 Å². The van der Waals surface area contributed by atoms with E-state index in [1.165, 1.54) is 11.3 Å². The average Bonchev–Trinajstić information content (AvgIpc) is 2.62. The predicted molar refractivity (Wildman–Crippen MR) is 66.9 cm³/mol. The van der Waals surface area contributed by atoms with Crippen LogP contribution >= 0.6 is 11.3 Å². The van der Waals surface area contributed by atoms with Crippen LogP contribution in [0.25, 0.3) is 0 Å². The quantitative estimate of drug-likeness (QED) is 0.758. The number of aryl methyl sites for hydroxylation is 1. The number of hydrogen-bond donors (Lipinski definition) is 3. The van der Waals surface area contributed by atoms with Crippen molar-refractivity contribution < 1.29 is 9.90 Å². The van der Waals surface area contributed by atoms with Gasteiger partial charge in [-0.05, 0) is 31.9 Å². The third kappa shape index (κ3) is 3.83. The zero-order valence-corrected chi connectivity index (χ0v) is 10.6. The molecule has 0 aliphatic rings. The Morgan fingerprint density at radius 1 is 1.50 bits per heavy atom. The second-order valence-corrected chi connectivity index (χ2v) is 5.25. The number of thiophene rings is 1. The second-order valence-electron chi connectivity index (χ2n) is 3.96. The normalized spacial score (nSPS) is 14.2. The van der Waals surface area contributed by atoms with Gasteiger partial charge in [0.05, 0.1) is 5.00 Å². The Kier molecular flexibility index (Phi) is 4.76. The van der Waals surface area contributed by atoms with Crippen molar-refractivity contribution in [1.82, 2.24) is 5.32 Å². The lowest BCUT2D eigenvalue weighted by molar-refractivity contribution is 0.204. The topological polar surface area (TPSA) is 61.4 Å². The summed E-state index contributed by atoms with van der Waals surface area (Å²) < 4.78 is 0. The third-order valence-corrected chi connectivity index (χ3v) is 3.39. The molecule has 3 N–H and O–H groups in total. The van der Waals surface area contributed by atoms with Crippen LogP contribution < -0.4 is 10.6 Å². The summed E-state index contributed by atoms with van der Waals surface area (Å²) in [5, 5.41) is 15.3. The molecular formula is C11H18N2O2S. The van der Waals surface area contributed by atoms with Crippen molar-refractivity contribution in [3.05, 3.63) is 17.0 Å². The molecule has 1 heterocycles. The summed E-state index contributed by atoms with van der Waals surface area (Å²) in [6.45, 7) is 5.82. The lowest BCUT2D eigenvalue weighted by Gasteiger charge is -2.19. The molecule has 0 radical (unpaired) electrons. The van der Waals surface area contributed by atoms with Gasteiger partial charge in [-0.3, -0.25) is 5.32 Å². The Bertz CT molecular complexity index is 352. The largest absolute Gasteiger partial charge is 0.396 e. The number of urea groups is 1. The number of rotatable bonds is 4. The van der Waals surface area contributed by atoms with E-state index < -0.39 is 0 Å². The summed E-state index contributed by atoms with van der Waals surface area (Å²) in [5.74, 6) is 0.0517. The molecule has 0 saturated carbocycles. The molecule has 0 aromatic carbocycles. The van der Waals surface area contributed by atoms with Crippen LogP contribution in [0.15, 0.2) is 12.1 Å². The summed E-state index contributed by atoms with van der Waals surface area (Å²) in [4.78, 5) is 12.7. The molecule has 0 aliphatic heterocycles. The highest BCUT2D eigenvalue weighted by atomic mass is 32.1. The summed E-state index contributed by atoms with van der Waals surface area (Å²) >= 11 is 1.54. The molecule has 1 aromatic rings. The van der Waals surface area contributed by atoms with E-state index in [0.29, 0.717) is 0 Å². The lowest BCUT2D eigenvalue weighted by Crippen LogP contribution is -2.40. The van der Waals surface area contributed by atoms with Crippen LogP contribution in [0.4, 0.5) is 9.80 Å². The monoisotopic (exact) mass is 242 g/mol. The molecule has 1 rings (SSSR count). The van der Waals surface area contributed by atoms with Crippen LogP contribution in [-0.2, 0) is 0 Å². The van der Waals surface area contributed by atoms with Crippen molar-refractivity contribution >= 4 is 22.4 Å². The molecule has 0 bridgehead atoms. The molecule has 90 valence electrons. The number of carbonyl (C=O) groups excluding carboxylic acids is 1. The van der Waals surface area contributed by atoms with E-state index in [4.69, 9.17) is 5.11 Å². The summed E-state index contributed by atoms with van der Waals surface area (Å²) in [6.07, 6.45) is 0. The minimum atomic E-state index is -0.227. The molecule has 0 aliphatic carbocycles. The fourth-order valence-corrected chi connectivity index (χ4v) is 1.92. The standard InChI is InChI=1S/C11H18N2O2S/c1-7(6-14)9(3)12-11(15)13-10-5-4-8(2)16-10/h4-5,7,9,14H,6H2,1-3H3,(H2,12,13,15). The minimum absolute atomic E-state index is 0.0499. The van der Waals surface area contributed by atoms with Crippen molar-refractivity contribution in [2.24, 2.45) is 5.92 Å². The van der Waals surface area contributed by atoms with Gasteiger partial charge in [0.1, 0.15) is 0 Å². The van der Waals surface area contributed by atoms with Crippen molar-refractivity contribution in [2.45, 2.75) is 26.8 Å². The van der Waals surface area contributed by atoms with Gasteiger partial charge in [-0.15, -0.1) is 11.3 Å². The maximum absolute atomic E-state index is 11.6. The smallest absolute Gasteiger partial charge is 0.320 e. The van der Waals surface area contributed by atoms with Crippen molar-refractivity contribution in [3.8, 4) is 0 Å². The first kappa shape index (κ1) is 13.0. The summed E-state index contributed by atoms with van der Waals surface area (Å²) in [6, 6.07) is 3.56. The SMILES string of the molecule is Cc1ccc(NC(=O)NC(C)C(C)CO)s1. The van der Waals surface area contributed by atoms with E-state index in [2.05, 4.69) is 10.6 Å². The molecule has 2 amide bonds. The predicted octanol–water partition coefficient (Wildman–Crippen LogP) is 2.19. The van der Waals surface area contributed by atoms with Crippen LogP contribution in [0.1, 0.15) is 18.7 Å². The Balaban J connectivity index is 2.42. The van der Waals surface area contributed by atoms with Gasteiger partial charge in [-0.2, -0.15) is 0 Å². The molecule has 0 fully saturated rings. The summed E-state index contributed by atoms with van der Waals surface area (Å²) in [5.41, 5.74) is 0. The summed E-state index contributed by atoms with van der Waals surface area (Å²) in [7, 11) is 0. The Morgan fingerprint density at radius 3 is 2.69 bits per heavy atom. The highest BCUT2D eigenvalue weighted by molar-refractivity contribution is 7.16. The molecule has 1 aromatic heterocycles. The zero-order chi connectivity index (χ0) is 12.1. The number of aliphatic hydroxyl groups is 1. The van der Waals surface area contributed by atoms with Crippen LogP contribution in [0.5, 0.6) is 0 Å². The second kappa shape index (κ2) is 5.86. The molecule has 4 nitrogen and oxygen atoms in total. The fourth-order valence-electron chi connectivity index (χ4n) is 1.16. The minimum Gasteiger partial charge on any atom is -0.396 e. The molecule has 0 saturated heterocycles. The van der Waals surface area contributed by atoms with E-state index in [-0.39, 0.29) is 24.6 Å². The van der Waals surface area contributed by atoms with Crippen molar-refractivity contribution in [1.29, 1.82) is 0 Å². The van der Waals surface area contributed by atoms with E-state index in [9.17, 15) is 4.79 Å². The van der Waals surface area contributed by atoms with E-state index in [0.717, 1.165) is 9.88 Å². The number of nitrogens with one attached hydrogen (secondary N) is 2. The Morgan fingerprint density at radius 2 is 2.19 bits per heavy atom. The number of aliphatic hydroxyl groups excluding tert-OH is 1. The third-order valence-electron chi connectivity index (χ3n) is 2.48. The molecule has 16 heavy (non-hydrogen) atoms. The highest BCUT2D eigenvalue weighted by Crippen LogP contribution is 2.20. The van der Waals surface area contributed by atoms with Crippen LogP contribution in [0.3, 0.4) is 0 Å². The van der Waals surface area contributed by atoms with Gasteiger partial charge in [-0.1, -0.05) is 6.92 Å². The zero-order valence-electron chi connectivity index (χ0n) is 9.78. The van der Waals surface area contributed by atoms with E-state index in [1.54, 1.807) is 0 Å². The van der Waals surface area contributed by atoms with Gasteiger partial charge in [0.15, 0.2) is 0 Å². The highest BCUT2D eigenvalue weighted by Gasteiger charge is 2.13. The number of amides is 2. The van der Waals surface area contributed by atoms with Gasteiger partial charge in [0, 0.05) is 17.5 Å². The Labute approximate surface area is 99.7 Å². The first-order chi connectivity index (χ1) is 7.52. The molecule has 0 spiro atoms. The molecule has 2 unspecified atom stereocenters. The average molecular weight is 242 g/mol. The maximum atomic E-state index is 11.6. The number of hydrogen-bond acceptors (Lipinski definition) is 3. The van der Waals surface area contributed by atoms with Crippen LogP contribution in [0, 0.1) is 12.8 Å².